The fourth-order valence-electron chi connectivity index (χ4n) is 3.15. The van der Waals surface area contributed by atoms with Gasteiger partial charge in [0, 0.05) is 60.5 Å². The summed E-state index contributed by atoms with van der Waals surface area (Å²) >= 11 is 12.2. The number of anilines is 1. The lowest BCUT2D eigenvalue weighted by Crippen LogP contribution is -2.09. The Hall–Kier alpha value is -3.03. The summed E-state index contributed by atoms with van der Waals surface area (Å²) in [5.41, 5.74) is 0.997. The number of ether oxygens (including phenoxy) is 1. The summed E-state index contributed by atoms with van der Waals surface area (Å²) in [7, 11) is 0. The lowest BCUT2D eigenvalue weighted by Gasteiger charge is -2.11. The lowest BCUT2D eigenvalue weighted by molar-refractivity contribution is 0.279. The van der Waals surface area contributed by atoms with Crippen LogP contribution in [0.25, 0.3) is 0 Å². The van der Waals surface area contributed by atoms with Gasteiger partial charge >= 0.3 is 0 Å². The maximum atomic E-state index is 6.11. The van der Waals surface area contributed by atoms with Gasteiger partial charge in [-0.15, -0.1) is 0 Å². The largest absolute Gasteiger partial charge is 0.469 e. The van der Waals surface area contributed by atoms with Crippen molar-refractivity contribution in [2.75, 3.05) is 11.9 Å². The van der Waals surface area contributed by atoms with Crippen molar-refractivity contribution in [1.29, 1.82) is 0 Å². The van der Waals surface area contributed by atoms with Crippen molar-refractivity contribution in [2.45, 2.75) is 26.1 Å². The third kappa shape index (κ3) is 6.23. The van der Waals surface area contributed by atoms with Crippen LogP contribution >= 0.6 is 23.2 Å². The van der Waals surface area contributed by atoms with E-state index in [1.165, 1.54) is 0 Å². The van der Waals surface area contributed by atoms with Gasteiger partial charge in [0.05, 0.1) is 6.33 Å². The topological polar surface area (TPSA) is 69.8 Å². The summed E-state index contributed by atoms with van der Waals surface area (Å²) in [5, 5.41) is 4.54. The molecule has 0 bridgehead atoms. The molecule has 0 unspecified atom stereocenters. The molecule has 0 aliphatic heterocycles. The SMILES string of the molecule is Clc1cc(Cl)cc(Cn2ccnc2COc2cccc(NCCCn3ccnc3)n2)c1. The molecular weight excluding hydrogens is 435 g/mol. The average molecular weight is 457 g/mol. The Bertz CT molecular complexity index is 1090. The summed E-state index contributed by atoms with van der Waals surface area (Å²) < 4.78 is 9.93. The number of benzene rings is 1. The van der Waals surface area contributed by atoms with Crippen molar-refractivity contribution in [3.8, 4) is 5.88 Å². The van der Waals surface area contributed by atoms with Gasteiger partial charge in [-0.1, -0.05) is 29.3 Å². The molecule has 3 heterocycles. The predicted molar refractivity (Wildman–Crippen MR) is 122 cm³/mol. The first-order chi connectivity index (χ1) is 15.2. The van der Waals surface area contributed by atoms with Gasteiger partial charge in [-0.2, -0.15) is 4.98 Å². The second-order valence-electron chi connectivity index (χ2n) is 6.98. The van der Waals surface area contributed by atoms with Gasteiger partial charge in [0.2, 0.25) is 5.88 Å². The van der Waals surface area contributed by atoms with Crippen LogP contribution in [0.3, 0.4) is 0 Å². The van der Waals surface area contributed by atoms with Crippen LogP contribution < -0.4 is 10.1 Å². The molecular formula is C22H22Cl2N6O. The second-order valence-corrected chi connectivity index (χ2v) is 7.85. The van der Waals surface area contributed by atoms with Crippen LogP contribution in [-0.4, -0.2) is 30.6 Å². The van der Waals surface area contributed by atoms with Gasteiger partial charge in [-0.3, -0.25) is 0 Å². The maximum absolute atomic E-state index is 6.11. The molecule has 31 heavy (non-hydrogen) atoms. The normalized spacial score (nSPS) is 10.9. The highest BCUT2D eigenvalue weighted by Gasteiger charge is 2.07. The number of hydrogen-bond acceptors (Lipinski definition) is 5. The highest BCUT2D eigenvalue weighted by atomic mass is 35.5. The molecule has 0 fully saturated rings. The van der Waals surface area contributed by atoms with Crippen LogP contribution in [0.15, 0.2) is 67.5 Å². The van der Waals surface area contributed by atoms with E-state index in [9.17, 15) is 0 Å². The first kappa shape index (κ1) is 21.2. The summed E-state index contributed by atoms with van der Waals surface area (Å²) in [6.45, 7) is 2.62. The minimum absolute atomic E-state index is 0.304. The number of nitrogens with one attached hydrogen (secondary N) is 1. The summed E-state index contributed by atoms with van der Waals surface area (Å²) in [6, 6.07) is 11.2. The Kier molecular flexibility index (Phi) is 7.07. The first-order valence-corrected chi connectivity index (χ1v) is 10.7. The maximum Gasteiger partial charge on any atom is 0.215 e. The molecule has 9 heteroatoms. The van der Waals surface area contributed by atoms with E-state index in [1.807, 2.05) is 58.2 Å². The third-order valence-electron chi connectivity index (χ3n) is 4.61. The zero-order valence-corrected chi connectivity index (χ0v) is 18.3. The van der Waals surface area contributed by atoms with E-state index >= 15 is 0 Å². The second kappa shape index (κ2) is 10.3. The van der Waals surface area contributed by atoms with Crippen molar-refractivity contribution in [3.05, 3.63) is 88.9 Å². The highest BCUT2D eigenvalue weighted by molar-refractivity contribution is 6.34. The molecule has 160 valence electrons. The fourth-order valence-corrected chi connectivity index (χ4v) is 3.72. The molecule has 0 amide bonds. The summed E-state index contributed by atoms with van der Waals surface area (Å²) in [6.07, 6.45) is 10.2. The van der Waals surface area contributed by atoms with Crippen molar-refractivity contribution < 1.29 is 4.74 Å². The van der Waals surface area contributed by atoms with Crippen LogP contribution in [0.5, 0.6) is 5.88 Å². The highest BCUT2D eigenvalue weighted by Crippen LogP contribution is 2.20. The molecule has 3 aromatic heterocycles. The van der Waals surface area contributed by atoms with Crippen LogP contribution in [0, 0.1) is 0 Å². The number of aromatic nitrogens is 5. The molecule has 0 spiro atoms. The first-order valence-electron chi connectivity index (χ1n) is 9.90. The molecule has 1 aromatic carbocycles. The standard InChI is InChI=1S/C22H22Cl2N6O/c23-18-11-17(12-19(24)13-18)14-30-10-7-27-21(30)15-31-22-4-1-3-20(28-22)26-5-2-8-29-9-6-25-16-29/h1,3-4,6-7,9-13,16H,2,5,8,14-15H2,(H,26,28). The zero-order valence-electron chi connectivity index (χ0n) is 16.8. The fraction of sp³-hybridized carbons (Fsp3) is 0.227. The number of aryl methyl sites for hydroxylation is 1. The molecule has 0 saturated carbocycles. The van der Waals surface area contributed by atoms with E-state index in [2.05, 4.69) is 20.3 Å². The quantitative estimate of drug-likeness (QED) is 0.343. The third-order valence-corrected chi connectivity index (χ3v) is 5.04. The molecule has 0 aliphatic carbocycles. The number of pyridine rings is 1. The Morgan fingerprint density at radius 2 is 1.90 bits per heavy atom. The Balaban J connectivity index is 1.30. The number of hydrogen-bond donors (Lipinski definition) is 1. The van der Waals surface area contributed by atoms with E-state index < -0.39 is 0 Å². The number of nitrogens with zero attached hydrogens (tertiary/aromatic N) is 5. The molecule has 1 N–H and O–H groups in total. The monoisotopic (exact) mass is 456 g/mol. The number of imidazole rings is 2. The van der Waals surface area contributed by atoms with E-state index in [-0.39, 0.29) is 0 Å². The zero-order chi connectivity index (χ0) is 21.5. The molecule has 7 nitrogen and oxygen atoms in total. The van der Waals surface area contributed by atoms with Crippen LogP contribution in [0.2, 0.25) is 10.0 Å². The lowest BCUT2D eigenvalue weighted by atomic mass is 10.2. The molecule has 0 radical (unpaired) electrons. The van der Waals surface area contributed by atoms with Gasteiger partial charge in [0.1, 0.15) is 18.2 Å². The van der Waals surface area contributed by atoms with Gasteiger partial charge in [0.15, 0.2) is 0 Å². The minimum atomic E-state index is 0.304. The molecule has 0 aliphatic rings. The van der Waals surface area contributed by atoms with Crippen molar-refractivity contribution in [2.24, 2.45) is 0 Å². The van der Waals surface area contributed by atoms with Crippen molar-refractivity contribution in [1.82, 2.24) is 24.1 Å². The van der Waals surface area contributed by atoms with Gasteiger partial charge in [-0.25, -0.2) is 9.97 Å². The van der Waals surface area contributed by atoms with E-state index in [1.54, 1.807) is 18.5 Å². The average Bonchev–Trinajstić information content (AvgIpc) is 3.41. The van der Waals surface area contributed by atoms with E-state index in [0.29, 0.717) is 29.1 Å². The van der Waals surface area contributed by atoms with Crippen LogP contribution in [-0.2, 0) is 19.7 Å². The molecule has 4 rings (SSSR count). The smallest absolute Gasteiger partial charge is 0.215 e. The van der Waals surface area contributed by atoms with E-state index in [4.69, 9.17) is 27.9 Å². The Morgan fingerprint density at radius 1 is 1.03 bits per heavy atom. The van der Waals surface area contributed by atoms with Gasteiger partial charge < -0.3 is 19.2 Å². The molecule has 0 saturated heterocycles. The molecule has 0 atom stereocenters. The van der Waals surface area contributed by atoms with Crippen molar-refractivity contribution in [3.63, 3.8) is 0 Å². The Morgan fingerprint density at radius 3 is 2.71 bits per heavy atom. The predicted octanol–water partition coefficient (Wildman–Crippen LogP) is 4.91. The minimum Gasteiger partial charge on any atom is -0.469 e. The number of halogens is 2. The number of rotatable bonds is 10. The van der Waals surface area contributed by atoms with Crippen LogP contribution in [0.1, 0.15) is 17.8 Å². The van der Waals surface area contributed by atoms with Gasteiger partial charge in [-0.05, 0) is 36.2 Å². The van der Waals surface area contributed by atoms with Gasteiger partial charge in [0.25, 0.3) is 0 Å². The summed E-state index contributed by atoms with van der Waals surface area (Å²) in [4.78, 5) is 13.0. The van der Waals surface area contributed by atoms with E-state index in [0.717, 1.165) is 36.7 Å². The summed E-state index contributed by atoms with van der Waals surface area (Å²) in [5.74, 6) is 2.11. The molecule has 4 aromatic rings. The van der Waals surface area contributed by atoms with Crippen LogP contribution in [0.4, 0.5) is 5.82 Å². The van der Waals surface area contributed by atoms with Crippen molar-refractivity contribution >= 4 is 29.0 Å². The Labute approximate surface area is 190 Å².